The Morgan fingerprint density at radius 3 is 2.92 bits per heavy atom. The highest BCUT2D eigenvalue weighted by Crippen LogP contribution is 2.12. The number of hydrogen-bond acceptors (Lipinski definition) is 2. The zero-order valence-corrected chi connectivity index (χ0v) is 7.89. The molecule has 0 bridgehead atoms. The second-order valence-corrected chi connectivity index (χ2v) is 3.67. The van der Waals surface area contributed by atoms with Gasteiger partial charge in [-0.2, -0.15) is 0 Å². The molecular formula is C9H18N2O. The van der Waals surface area contributed by atoms with Crippen molar-refractivity contribution in [3.63, 3.8) is 0 Å². The van der Waals surface area contributed by atoms with E-state index in [1.54, 1.807) is 0 Å². The van der Waals surface area contributed by atoms with Crippen LogP contribution in [0.4, 0.5) is 0 Å². The molecule has 3 heteroatoms. The van der Waals surface area contributed by atoms with Gasteiger partial charge in [-0.05, 0) is 19.4 Å². The van der Waals surface area contributed by atoms with Crippen molar-refractivity contribution in [2.45, 2.75) is 32.7 Å². The maximum absolute atomic E-state index is 11.1. The van der Waals surface area contributed by atoms with Gasteiger partial charge < -0.3 is 10.6 Å². The highest BCUT2D eigenvalue weighted by atomic mass is 16.2. The SMILES string of the molecule is CC(C)NCCC1CCNC1=O. The van der Waals surface area contributed by atoms with Gasteiger partial charge in [0.2, 0.25) is 5.91 Å². The van der Waals surface area contributed by atoms with Gasteiger partial charge in [0.15, 0.2) is 0 Å². The third kappa shape index (κ3) is 2.81. The monoisotopic (exact) mass is 170 g/mol. The minimum Gasteiger partial charge on any atom is -0.356 e. The summed E-state index contributed by atoms with van der Waals surface area (Å²) in [5.74, 6) is 0.497. The van der Waals surface area contributed by atoms with Crippen LogP contribution in [0.1, 0.15) is 26.7 Å². The molecule has 0 saturated carbocycles. The van der Waals surface area contributed by atoms with Crippen LogP contribution in [0, 0.1) is 5.92 Å². The third-order valence-electron chi connectivity index (χ3n) is 2.21. The van der Waals surface area contributed by atoms with E-state index >= 15 is 0 Å². The second-order valence-electron chi connectivity index (χ2n) is 3.67. The molecule has 1 heterocycles. The zero-order valence-electron chi connectivity index (χ0n) is 7.89. The molecule has 0 spiro atoms. The van der Waals surface area contributed by atoms with Gasteiger partial charge in [0, 0.05) is 18.5 Å². The summed E-state index contributed by atoms with van der Waals surface area (Å²) in [4.78, 5) is 11.1. The van der Waals surface area contributed by atoms with E-state index in [2.05, 4.69) is 24.5 Å². The van der Waals surface area contributed by atoms with Crippen LogP contribution in [0.25, 0.3) is 0 Å². The topological polar surface area (TPSA) is 41.1 Å². The molecule has 1 unspecified atom stereocenters. The van der Waals surface area contributed by atoms with Crippen LogP contribution in [-0.2, 0) is 4.79 Å². The van der Waals surface area contributed by atoms with Crippen LogP contribution < -0.4 is 10.6 Å². The fourth-order valence-corrected chi connectivity index (χ4v) is 1.47. The lowest BCUT2D eigenvalue weighted by Crippen LogP contribution is -2.27. The van der Waals surface area contributed by atoms with Crippen molar-refractivity contribution in [3.05, 3.63) is 0 Å². The summed E-state index contributed by atoms with van der Waals surface area (Å²) in [7, 11) is 0. The van der Waals surface area contributed by atoms with Gasteiger partial charge in [-0.1, -0.05) is 13.8 Å². The Kier molecular flexibility index (Phi) is 3.53. The fraction of sp³-hybridized carbons (Fsp3) is 0.889. The van der Waals surface area contributed by atoms with Crippen LogP contribution in [0.3, 0.4) is 0 Å². The van der Waals surface area contributed by atoms with Gasteiger partial charge >= 0.3 is 0 Å². The van der Waals surface area contributed by atoms with Crippen molar-refractivity contribution in [2.75, 3.05) is 13.1 Å². The highest BCUT2D eigenvalue weighted by molar-refractivity contribution is 5.80. The first-order valence-corrected chi connectivity index (χ1v) is 4.71. The van der Waals surface area contributed by atoms with Crippen LogP contribution in [-0.4, -0.2) is 25.0 Å². The van der Waals surface area contributed by atoms with Crippen molar-refractivity contribution >= 4 is 5.91 Å². The third-order valence-corrected chi connectivity index (χ3v) is 2.21. The van der Waals surface area contributed by atoms with E-state index in [4.69, 9.17) is 0 Å². The molecule has 0 aliphatic carbocycles. The van der Waals surface area contributed by atoms with E-state index in [0.717, 1.165) is 25.9 Å². The minimum atomic E-state index is 0.237. The molecule has 0 aromatic rings. The smallest absolute Gasteiger partial charge is 0.223 e. The zero-order chi connectivity index (χ0) is 8.97. The first-order chi connectivity index (χ1) is 5.70. The van der Waals surface area contributed by atoms with Gasteiger partial charge in [0.05, 0.1) is 0 Å². The van der Waals surface area contributed by atoms with Crippen LogP contribution in [0.2, 0.25) is 0 Å². The Labute approximate surface area is 73.9 Å². The lowest BCUT2D eigenvalue weighted by atomic mass is 10.0. The molecule has 0 aromatic carbocycles. The molecule has 1 amide bonds. The number of nitrogens with one attached hydrogen (secondary N) is 2. The van der Waals surface area contributed by atoms with E-state index in [-0.39, 0.29) is 11.8 Å². The average Bonchev–Trinajstić information content (AvgIpc) is 2.36. The van der Waals surface area contributed by atoms with E-state index in [1.807, 2.05) is 0 Å². The second kappa shape index (κ2) is 4.45. The van der Waals surface area contributed by atoms with E-state index in [1.165, 1.54) is 0 Å². The maximum Gasteiger partial charge on any atom is 0.223 e. The number of carbonyl (C=O) groups is 1. The van der Waals surface area contributed by atoms with E-state index in [9.17, 15) is 4.79 Å². The molecule has 70 valence electrons. The predicted molar refractivity (Wildman–Crippen MR) is 48.9 cm³/mol. The van der Waals surface area contributed by atoms with Gasteiger partial charge in [0.1, 0.15) is 0 Å². The lowest BCUT2D eigenvalue weighted by Gasteiger charge is -2.10. The van der Waals surface area contributed by atoms with Gasteiger partial charge in [-0.15, -0.1) is 0 Å². The molecule has 0 aromatic heterocycles. The quantitative estimate of drug-likeness (QED) is 0.645. The fourth-order valence-electron chi connectivity index (χ4n) is 1.47. The minimum absolute atomic E-state index is 0.237. The summed E-state index contributed by atoms with van der Waals surface area (Å²) in [6.45, 7) is 6.06. The number of rotatable bonds is 4. The summed E-state index contributed by atoms with van der Waals surface area (Å²) < 4.78 is 0. The lowest BCUT2D eigenvalue weighted by molar-refractivity contribution is -0.122. The molecule has 12 heavy (non-hydrogen) atoms. The Bertz CT molecular complexity index is 157. The summed E-state index contributed by atoms with van der Waals surface area (Å²) in [6.07, 6.45) is 1.99. The van der Waals surface area contributed by atoms with Crippen LogP contribution in [0.15, 0.2) is 0 Å². The highest BCUT2D eigenvalue weighted by Gasteiger charge is 2.22. The molecular weight excluding hydrogens is 152 g/mol. The van der Waals surface area contributed by atoms with Gasteiger partial charge in [-0.25, -0.2) is 0 Å². The Hall–Kier alpha value is -0.570. The van der Waals surface area contributed by atoms with Crippen molar-refractivity contribution < 1.29 is 4.79 Å². The Morgan fingerprint density at radius 1 is 1.67 bits per heavy atom. The summed E-state index contributed by atoms with van der Waals surface area (Å²) in [5, 5.41) is 6.15. The molecule has 1 rings (SSSR count). The Morgan fingerprint density at radius 2 is 2.42 bits per heavy atom. The van der Waals surface area contributed by atoms with Crippen molar-refractivity contribution in [1.29, 1.82) is 0 Å². The standard InChI is InChI=1S/C9H18N2O/c1-7(2)10-5-3-8-4-6-11-9(8)12/h7-8,10H,3-6H2,1-2H3,(H,11,12). The first-order valence-electron chi connectivity index (χ1n) is 4.71. The molecule has 1 atom stereocenters. The molecule has 1 aliphatic heterocycles. The van der Waals surface area contributed by atoms with E-state index < -0.39 is 0 Å². The normalized spacial score (nSPS) is 23.2. The average molecular weight is 170 g/mol. The molecule has 1 aliphatic rings. The maximum atomic E-state index is 11.1. The Balaban J connectivity index is 2.10. The number of amides is 1. The van der Waals surface area contributed by atoms with Gasteiger partial charge in [0.25, 0.3) is 0 Å². The number of carbonyl (C=O) groups excluding carboxylic acids is 1. The molecule has 2 N–H and O–H groups in total. The van der Waals surface area contributed by atoms with Crippen molar-refractivity contribution in [2.24, 2.45) is 5.92 Å². The number of hydrogen-bond donors (Lipinski definition) is 2. The summed E-state index contributed by atoms with van der Waals surface area (Å²) >= 11 is 0. The molecule has 1 fully saturated rings. The molecule has 3 nitrogen and oxygen atoms in total. The van der Waals surface area contributed by atoms with Crippen LogP contribution in [0.5, 0.6) is 0 Å². The van der Waals surface area contributed by atoms with Crippen LogP contribution >= 0.6 is 0 Å². The summed E-state index contributed by atoms with van der Waals surface area (Å²) in [6, 6.07) is 0.523. The van der Waals surface area contributed by atoms with Gasteiger partial charge in [-0.3, -0.25) is 4.79 Å². The van der Waals surface area contributed by atoms with E-state index in [0.29, 0.717) is 6.04 Å². The molecule has 0 radical (unpaired) electrons. The largest absolute Gasteiger partial charge is 0.356 e. The molecule has 1 saturated heterocycles. The summed E-state index contributed by atoms with van der Waals surface area (Å²) in [5.41, 5.74) is 0. The predicted octanol–water partition coefficient (Wildman–Crippen LogP) is 0.511. The first kappa shape index (κ1) is 9.52. The van der Waals surface area contributed by atoms with Crippen molar-refractivity contribution in [1.82, 2.24) is 10.6 Å². The van der Waals surface area contributed by atoms with Crippen molar-refractivity contribution in [3.8, 4) is 0 Å².